The van der Waals surface area contributed by atoms with E-state index in [-0.39, 0.29) is 12.0 Å². The molecule has 106 valence electrons. The lowest BCUT2D eigenvalue weighted by atomic mass is 10.1. The van der Waals surface area contributed by atoms with Gasteiger partial charge in [-0.1, -0.05) is 6.07 Å². The smallest absolute Gasteiger partial charge is 0.330 e. The number of ether oxygens (including phenoxy) is 2. The molecule has 0 atom stereocenters. The standard InChI is InChI=1S/C14H18N4O2/c1-5-19-13-16-12(15-4)17-14(18-13)20-11-7-9(2)6-10(3)8-11/h6-8H,5H2,1-4H3,(H,15,16,17,18). The lowest BCUT2D eigenvalue weighted by Gasteiger charge is -2.09. The molecule has 0 saturated carbocycles. The van der Waals surface area contributed by atoms with Gasteiger partial charge in [-0.3, -0.25) is 0 Å². The fraction of sp³-hybridized carbons (Fsp3) is 0.357. The Kier molecular flexibility index (Phi) is 4.34. The number of anilines is 1. The first-order chi connectivity index (χ1) is 9.60. The Balaban J connectivity index is 2.29. The molecule has 0 spiro atoms. The summed E-state index contributed by atoms with van der Waals surface area (Å²) >= 11 is 0. The number of nitrogens with one attached hydrogen (secondary N) is 1. The quantitative estimate of drug-likeness (QED) is 0.904. The molecule has 20 heavy (non-hydrogen) atoms. The molecule has 0 aliphatic rings. The van der Waals surface area contributed by atoms with E-state index in [1.54, 1.807) is 7.05 Å². The van der Waals surface area contributed by atoms with E-state index in [2.05, 4.69) is 26.3 Å². The third-order valence-corrected chi connectivity index (χ3v) is 2.50. The summed E-state index contributed by atoms with van der Waals surface area (Å²) in [4.78, 5) is 12.4. The number of hydrogen-bond donors (Lipinski definition) is 1. The predicted octanol–water partition coefficient (Wildman–Crippen LogP) is 2.72. The highest BCUT2D eigenvalue weighted by Gasteiger charge is 2.09. The highest BCUT2D eigenvalue weighted by Crippen LogP contribution is 2.22. The largest absolute Gasteiger partial charge is 0.464 e. The fourth-order valence-electron chi connectivity index (χ4n) is 1.79. The summed E-state index contributed by atoms with van der Waals surface area (Å²) in [5.74, 6) is 1.10. The molecule has 1 N–H and O–H groups in total. The van der Waals surface area contributed by atoms with Gasteiger partial charge in [-0.15, -0.1) is 4.98 Å². The van der Waals surface area contributed by atoms with Gasteiger partial charge in [-0.05, 0) is 44.0 Å². The molecule has 6 heteroatoms. The van der Waals surface area contributed by atoms with E-state index in [0.717, 1.165) is 11.1 Å². The monoisotopic (exact) mass is 274 g/mol. The molecule has 0 radical (unpaired) electrons. The van der Waals surface area contributed by atoms with Crippen molar-refractivity contribution in [3.63, 3.8) is 0 Å². The minimum absolute atomic E-state index is 0.206. The van der Waals surface area contributed by atoms with E-state index < -0.39 is 0 Å². The highest BCUT2D eigenvalue weighted by molar-refractivity contribution is 5.35. The average molecular weight is 274 g/mol. The first-order valence-electron chi connectivity index (χ1n) is 6.43. The van der Waals surface area contributed by atoms with Crippen LogP contribution in [-0.4, -0.2) is 28.6 Å². The Morgan fingerprint density at radius 1 is 1.00 bits per heavy atom. The molecule has 0 amide bonds. The summed E-state index contributed by atoms with van der Waals surface area (Å²) in [6.07, 6.45) is 0. The van der Waals surface area contributed by atoms with Gasteiger partial charge in [0.05, 0.1) is 6.61 Å². The van der Waals surface area contributed by atoms with Crippen LogP contribution < -0.4 is 14.8 Å². The van der Waals surface area contributed by atoms with Crippen LogP contribution in [0.2, 0.25) is 0 Å². The molecule has 0 bridgehead atoms. The first kappa shape index (κ1) is 14.0. The number of nitrogens with zero attached hydrogens (tertiary/aromatic N) is 3. The second-order valence-electron chi connectivity index (χ2n) is 4.33. The van der Waals surface area contributed by atoms with E-state index >= 15 is 0 Å². The summed E-state index contributed by atoms with van der Waals surface area (Å²) in [6, 6.07) is 6.38. The van der Waals surface area contributed by atoms with Gasteiger partial charge in [0.25, 0.3) is 0 Å². The normalized spacial score (nSPS) is 10.2. The zero-order valence-corrected chi connectivity index (χ0v) is 12.1. The Morgan fingerprint density at radius 3 is 2.25 bits per heavy atom. The second kappa shape index (κ2) is 6.18. The maximum Gasteiger partial charge on any atom is 0.330 e. The van der Waals surface area contributed by atoms with Gasteiger partial charge in [-0.2, -0.15) is 9.97 Å². The molecule has 2 rings (SSSR count). The van der Waals surface area contributed by atoms with Crippen LogP contribution in [0, 0.1) is 13.8 Å². The molecule has 0 aliphatic heterocycles. The van der Waals surface area contributed by atoms with Crippen LogP contribution in [-0.2, 0) is 0 Å². The van der Waals surface area contributed by atoms with Crippen molar-refractivity contribution < 1.29 is 9.47 Å². The minimum Gasteiger partial charge on any atom is -0.464 e. The Hall–Kier alpha value is -2.37. The Morgan fingerprint density at radius 2 is 1.65 bits per heavy atom. The maximum absolute atomic E-state index is 5.69. The molecular formula is C14H18N4O2. The number of rotatable bonds is 5. The zero-order valence-electron chi connectivity index (χ0n) is 12.1. The molecular weight excluding hydrogens is 256 g/mol. The number of aryl methyl sites for hydroxylation is 2. The van der Waals surface area contributed by atoms with E-state index in [9.17, 15) is 0 Å². The summed E-state index contributed by atoms with van der Waals surface area (Å²) in [7, 11) is 1.73. The van der Waals surface area contributed by atoms with Crippen LogP contribution >= 0.6 is 0 Å². The molecule has 1 aromatic carbocycles. The molecule has 0 unspecified atom stereocenters. The van der Waals surface area contributed by atoms with Crippen LogP contribution in [0.3, 0.4) is 0 Å². The summed E-state index contributed by atoms with van der Waals surface area (Å²) in [6.45, 7) is 6.37. The Labute approximate surface area is 118 Å². The second-order valence-corrected chi connectivity index (χ2v) is 4.33. The van der Waals surface area contributed by atoms with Gasteiger partial charge >= 0.3 is 12.0 Å². The molecule has 6 nitrogen and oxygen atoms in total. The molecule has 0 fully saturated rings. The van der Waals surface area contributed by atoms with Crippen molar-refractivity contribution in [2.45, 2.75) is 20.8 Å². The van der Waals surface area contributed by atoms with Gasteiger partial charge < -0.3 is 14.8 Å². The average Bonchev–Trinajstić information content (AvgIpc) is 2.37. The van der Waals surface area contributed by atoms with Crippen LogP contribution in [0.1, 0.15) is 18.1 Å². The van der Waals surface area contributed by atoms with E-state index in [0.29, 0.717) is 18.3 Å². The van der Waals surface area contributed by atoms with Crippen molar-refractivity contribution >= 4 is 5.95 Å². The van der Waals surface area contributed by atoms with Crippen LogP contribution in [0.5, 0.6) is 17.8 Å². The number of aromatic nitrogens is 3. The van der Waals surface area contributed by atoms with Crippen molar-refractivity contribution in [1.29, 1.82) is 0 Å². The number of benzene rings is 1. The highest BCUT2D eigenvalue weighted by atomic mass is 16.5. The molecule has 0 saturated heterocycles. The van der Waals surface area contributed by atoms with Crippen molar-refractivity contribution in [2.24, 2.45) is 0 Å². The Bertz CT molecular complexity index is 581. The summed E-state index contributed by atoms with van der Waals surface area (Å²) < 4.78 is 11.0. The molecule has 2 aromatic rings. The molecule has 0 aliphatic carbocycles. The van der Waals surface area contributed by atoms with Crippen molar-refractivity contribution in [3.05, 3.63) is 29.3 Å². The molecule has 1 aromatic heterocycles. The first-order valence-corrected chi connectivity index (χ1v) is 6.43. The maximum atomic E-state index is 5.69. The van der Waals surface area contributed by atoms with E-state index in [1.165, 1.54) is 0 Å². The lowest BCUT2D eigenvalue weighted by molar-refractivity contribution is 0.304. The third-order valence-electron chi connectivity index (χ3n) is 2.50. The minimum atomic E-state index is 0.206. The van der Waals surface area contributed by atoms with Crippen molar-refractivity contribution in [2.75, 3.05) is 19.0 Å². The lowest BCUT2D eigenvalue weighted by Crippen LogP contribution is -2.05. The van der Waals surface area contributed by atoms with Gasteiger partial charge in [0.1, 0.15) is 5.75 Å². The topological polar surface area (TPSA) is 69.2 Å². The summed E-state index contributed by atoms with van der Waals surface area (Å²) in [5.41, 5.74) is 2.24. The third kappa shape index (κ3) is 3.57. The van der Waals surface area contributed by atoms with Crippen LogP contribution in [0.4, 0.5) is 5.95 Å². The van der Waals surface area contributed by atoms with Gasteiger partial charge in [0.15, 0.2) is 0 Å². The number of hydrogen-bond acceptors (Lipinski definition) is 6. The van der Waals surface area contributed by atoms with Gasteiger partial charge in [0.2, 0.25) is 5.95 Å². The SMILES string of the molecule is CCOc1nc(NC)nc(Oc2cc(C)cc(C)c2)n1. The molecule has 1 heterocycles. The van der Waals surface area contributed by atoms with Crippen molar-refractivity contribution in [1.82, 2.24) is 15.0 Å². The predicted molar refractivity (Wildman–Crippen MR) is 76.5 cm³/mol. The van der Waals surface area contributed by atoms with Crippen LogP contribution in [0.25, 0.3) is 0 Å². The van der Waals surface area contributed by atoms with E-state index in [4.69, 9.17) is 9.47 Å². The van der Waals surface area contributed by atoms with E-state index in [1.807, 2.05) is 32.9 Å². The summed E-state index contributed by atoms with van der Waals surface area (Å²) in [5, 5.41) is 2.85. The van der Waals surface area contributed by atoms with Gasteiger partial charge in [0, 0.05) is 7.05 Å². The zero-order chi connectivity index (χ0) is 14.5. The van der Waals surface area contributed by atoms with Crippen molar-refractivity contribution in [3.8, 4) is 17.8 Å². The van der Waals surface area contributed by atoms with Crippen LogP contribution in [0.15, 0.2) is 18.2 Å². The van der Waals surface area contributed by atoms with Gasteiger partial charge in [-0.25, -0.2) is 0 Å². The fourth-order valence-corrected chi connectivity index (χ4v) is 1.79.